The van der Waals surface area contributed by atoms with Crippen molar-refractivity contribution in [1.82, 2.24) is 0 Å². The van der Waals surface area contributed by atoms with Crippen molar-refractivity contribution in [1.29, 1.82) is 5.41 Å². The molecule has 0 saturated carbocycles. The molecule has 0 spiro atoms. The SMILES string of the molecule is N=C(CO)Cc1ccc(OCC(F)(F)F)c[n+]1[O-]. The predicted molar refractivity (Wildman–Crippen MR) is 55.5 cm³/mol. The third-order valence-electron chi connectivity index (χ3n) is 1.96. The van der Waals surface area contributed by atoms with Crippen molar-refractivity contribution in [3.63, 3.8) is 0 Å². The molecule has 1 heterocycles. The van der Waals surface area contributed by atoms with E-state index in [0.29, 0.717) is 4.73 Å². The maximum Gasteiger partial charge on any atom is 0.422 e. The second kappa shape index (κ2) is 5.67. The highest BCUT2D eigenvalue weighted by Gasteiger charge is 2.28. The van der Waals surface area contributed by atoms with Gasteiger partial charge in [-0.15, -0.1) is 0 Å². The van der Waals surface area contributed by atoms with Crippen LogP contribution in [0.4, 0.5) is 13.2 Å². The molecule has 0 atom stereocenters. The van der Waals surface area contributed by atoms with E-state index < -0.39 is 19.4 Å². The lowest BCUT2D eigenvalue weighted by atomic mass is 10.2. The number of aliphatic hydroxyl groups excluding tert-OH is 1. The van der Waals surface area contributed by atoms with Crippen LogP contribution in [0.2, 0.25) is 0 Å². The Morgan fingerprint density at radius 1 is 1.44 bits per heavy atom. The third-order valence-corrected chi connectivity index (χ3v) is 1.96. The Morgan fingerprint density at radius 3 is 2.61 bits per heavy atom. The maximum atomic E-state index is 11.9. The van der Waals surface area contributed by atoms with E-state index in [9.17, 15) is 18.4 Å². The number of nitrogens with one attached hydrogen (secondary N) is 1. The fraction of sp³-hybridized carbons (Fsp3) is 0.400. The lowest BCUT2D eigenvalue weighted by Gasteiger charge is -2.10. The van der Waals surface area contributed by atoms with Gasteiger partial charge in [-0.1, -0.05) is 0 Å². The molecule has 18 heavy (non-hydrogen) atoms. The molecule has 0 aliphatic carbocycles. The lowest BCUT2D eigenvalue weighted by molar-refractivity contribution is -0.613. The van der Waals surface area contributed by atoms with Gasteiger partial charge in [-0.05, 0) is 6.07 Å². The fourth-order valence-corrected chi connectivity index (χ4v) is 1.16. The second-order valence-corrected chi connectivity index (χ2v) is 3.52. The highest BCUT2D eigenvalue weighted by atomic mass is 19.4. The zero-order valence-electron chi connectivity index (χ0n) is 9.20. The average Bonchev–Trinajstić information content (AvgIpc) is 2.28. The van der Waals surface area contributed by atoms with Gasteiger partial charge in [0.2, 0.25) is 6.20 Å². The summed E-state index contributed by atoms with van der Waals surface area (Å²) in [6.45, 7) is -1.95. The minimum Gasteiger partial charge on any atom is -0.618 e. The molecule has 0 fully saturated rings. The molecule has 5 nitrogen and oxygen atoms in total. The minimum atomic E-state index is -4.47. The van der Waals surface area contributed by atoms with Gasteiger partial charge in [0.1, 0.15) is 0 Å². The average molecular weight is 264 g/mol. The Labute approximate surface area is 101 Å². The molecule has 0 bridgehead atoms. The number of hydrogen-bond acceptors (Lipinski definition) is 4. The van der Waals surface area contributed by atoms with Gasteiger partial charge < -0.3 is 20.5 Å². The van der Waals surface area contributed by atoms with E-state index in [-0.39, 0.29) is 23.6 Å². The van der Waals surface area contributed by atoms with Crippen LogP contribution in [-0.4, -0.2) is 30.2 Å². The number of alkyl halides is 3. The van der Waals surface area contributed by atoms with E-state index in [1.165, 1.54) is 12.1 Å². The number of nitrogens with zero attached hydrogens (tertiary/aromatic N) is 1. The number of rotatable bonds is 5. The summed E-state index contributed by atoms with van der Waals surface area (Å²) in [4.78, 5) is 0. The van der Waals surface area contributed by atoms with Gasteiger partial charge in [0.05, 0.1) is 13.0 Å². The van der Waals surface area contributed by atoms with Gasteiger partial charge in [0, 0.05) is 11.8 Å². The van der Waals surface area contributed by atoms with Gasteiger partial charge in [-0.3, -0.25) is 0 Å². The number of aliphatic hydroxyl groups is 1. The number of pyridine rings is 1. The van der Waals surface area contributed by atoms with Gasteiger partial charge in [-0.2, -0.15) is 17.9 Å². The van der Waals surface area contributed by atoms with E-state index in [4.69, 9.17) is 10.5 Å². The van der Waals surface area contributed by atoms with Gasteiger partial charge >= 0.3 is 6.18 Å². The van der Waals surface area contributed by atoms with Crippen molar-refractivity contribution in [2.45, 2.75) is 12.6 Å². The topological polar surface area (TPSA) is 80.2 Å². The van der Waals surface area contributed by atoms with E-state index in [1.807, 2.05) is 0 Å². The van der Waals surface area contributed by atoms with E-state index >= 15 is 0 Å². The molecular formula is C10H11F3N2O3. The molecule has 1 aromatic rings. The summed E-state index contributed by atoms with van der Waals surface area (Å²) in [7, 11) is 0. The largest absolute Gasteiger partial charge is 0.618 e. The van der Waals surface area contributed by atoms with Crippen LogP contribution in [0.5, 0.6) is 5.75 Å². The van der Waals surface area contributed by atoms with Crippen LogP contribution in [0.15, 0.2) is 18.3 Å². The first-order valence-corrected chi connectivity index (χ1v) is 4.90. The van der Waals surface area contributed by atoms with E-state index in [2.05, 4.69) is 4.74 Å². The molecule has 0 radical (unpaired) electrons. The molecule has 0 aliphatic rings. The van der Waals surface area contributed by atoms with Crippen LogP contribution < -0.4 is 9.47 Å². The summed E-state index contributed by atoms with van der Waals surface area (Å²) in [5.41, 5.74) is 0.0805. The lowest BCUT2D eigenvalue weighted by Crippen LogP contribution is -2.33. The van der Waals surface area contributed by atoms with Crippen LogP contribution >= 0.6 is 0 Å². The maximum absolute atomic E-state index is 11.9. The quantitative estimate of drug-likeness (QED) is 0.469. The Morgan fingerprint density at radius 2 is 2.11 bits per heavy atom. The molecule has 100 valence electrons. The summed E-state index contributed by atoms with van der Waals surface area (Å²) in [6, 6.07) is 2.46. The zero-order chi connectivity index (χ0) is 13.8. The Kier molecular flexibility index (Phi) is 4.49. The normalized spacial score (nSPS) is 11.3. The Hall–Kier alpha value is -1.83. The highest BCUT2D eigenvalue weighted by molar-refractivity contribution is 5.83. The summed E-state index contributed by atoms with van der Waals surface area (Å²) in [6.07, 6.45) is -3.68. The van der Waals surface area contributed by atoms with Crippen molar-refractivity contribution >= 4 is 5.71 Å². The smallest absolute Gasteiger partial charge is 0.422 e. The van der Waals surface area contributed by atoms with Crippen molar-refractivity contribution in [3.05, 3.63) is 29.2 Å². The van der Waals surface area contributed by atoms with Gasteiger partial charge in [0.25, 0.3) is 0 Å². The minimum absolute atomic E-state index is 0.0661. The van der Waals surface area contributed by atoms with Gasteiger partial charge in [-0.25, -0.2) is 0 Å². The molecule has 0 saturated heterocycles. The zero-order valence-corrected chi connectivity index (χ0v) is 9.20. The van der Waals surface area contributed by atoms with Crippen molar-refractivity contribution < 1.29 is 27.7 Å². The number of hydrogen-bond donors (Lipinski definition) is 2. The monoisotopic (exact) mass is 264 g/mol. The summed E-state index contributed by atoms with van der Waals surface area (Å²) >= 11 is 0. The molecule has 0 aromatic carbocycles. The van der Waals surface area contributed by atoms with Crippen molar-refractivity contribution in [2.75, 3.05) is 13.2 Å². The Bertz CT molecular complexity index is 435. The van der Waals surface area contributed by atoms with Crippen LogP contribution in [0.25, 0.3) is 0 Å². The molecule has 0 unspecified atom stereocenters. The van der Waals surface area contributed by atoms with Crippen LogP contribution in [0.1, 0.15) is 5.69 Å². The third kappa shape index (κ3) is 4.58. The molecule has 0 amide bonds. The first-order chi connectivity index (χ1) is 8.31. The molecule has 1 rings (SSSR count). The summed E-state index contributed by atoms with van der Waals surface area (Å²) in [5.74, 6) is -0.207. The highest BCUT2D eigenvalue weighted by Crippen LogP contribution is 2.17. The van der Waals surface area contributed by atoms with E-state index in [1.54, 1.807) is 0 Å². The number of halogens is 3. The molecular weight excluding hydrogens is 253 g/mol. The summed E-state index contributed by atoms with van der Waals surface area (Å²) < 4.78 is 40.3. The second-order valence-electron chi connectivity index (χ2n) is 3.52. The van der Waals surface area contributed by atoms with Crippen molar-refractivity contribution in [2.24, 2.45) is 0 Å². The fourth-order valence-electron chi connectivity index (χ4n) is 1.16. The van der Waals surface area contributed by atoms with Gasteiger partial charge in [0.15, 0.2) is 18.1 Å². The van der Waals surface area contributed by atoms with Crippen LogP contribution in [0, 0.1) is 10.6 Å². The number of aromatic nitrogens is 1. The van der Waals surface area contributed by atoms with E-state index in [0.717, 1.165) is 6.20 Å². The molecule has 1 aromatic heterocycles. The number of ether oxygens (including phenoxy) is 1. The van der Waals surface area contributed by atoms with Crippen molar-refractivity contribution in [3.8, 4) is 5.75 Å². The molecule has 8 heteroatoms. The Balaban J connectivity index is 2.70. The predicted octanol–water partition coefficient (Wildman–Crippen LogP) is 0.816. The standard InChI is InChI=1S/C10H11F3N2O3/c11-10(12,13)6-18-9-2-1-8(15(17)4-9)3-7(14)5-16/h1-2,4,14,16H,3,5-6H2. The van der Waals surface area contributed by atoms with Crippen LogP contribution in [0.3, 0.4) is 0 Å². The van der Waals surface area contributed by atoms with Crippen LogP contribution in [-0.2, 0) is 6.42 Å². The molecule has 0 aliphatic heterocycles. The summed E-state index contributed by atoms with van der Waals surface area (Å²) in [5, 5.41) is 27.2. The first-order valence-electron chi connectivity index (χ1n) is 4.90. The first kappa shape index (κ1) is 14.2. The molecule has 2 N–H and O–H groups in total.